The average Bonchev–Trinajstić information content (AvgIpc) is 3.54. The van der Waals surface area contributed by atoms with Gasteiger partial charge in [-0.15, -0.1) is 0 Å². The van der Waals surface area contributed by atoms with E-state index in [0.29, 0.717) is 24.1 Å². The van der Waals surface area contributed by atoms with E-state index in [-0.39, 0.29) is 17.9 Å². The van der Waals surface area contributed by atoms with Crippen molar-refractivity contribution < 1.29 is 35.3 Å². The Morgan fingerprint density at radius 2 is 2.00 bits per heavy atom. The number of hydrogen-bond donors (Lipinski definition) is 1. The summed E-state index contributed by atoms with van der Waals surface area (Å²) in [6.07, 6.45) is 0.596. The molecule has 0 unspecified atom stereocenters. The molecule has 170 valence electrons. The Morgan fingerprint density at radius 3 is 2.53 bits per heavy atom. The lowest BCUT2D eigenvalue weighted by Gasteiger charge is -2.18. The zero-order valence-electron chi connectivity index (χ0n) is 17.0. The van der Waals surface area contributed by atoms with Crippen molar-refractivity contribution >= 4 is 21.8 Å². The fourth-order valence-corrected chi connectivity index (χ4v) is 3.54. The number of halogens is 3. The summed E-state index contributed by atoms with van der Waals surface area (Å²) in [4.78, 5) is 16.4. The molecule has 1 aliphatic rings. The molecule has 0 spiro atoms. The Labute approximate surface area is 182 Å². The number of nitriles is 1. The summed E-state index contributed by atoms with van der Waals surface area (Å²) < 4.78 is 71.5. The van der Waals surface area contributed by atoms with Crippen LogP contribution in [0.3, 0.4) is 0 Å². The molecule has 0 bridgehead atoms. The molecule has 0 saturated heterocycles. The van der Waals surface area contributed by atoms with Gasteiger partial charge >= 0.3 is 21.6 Å². The molecule has 0 radical (unpaired) electrons. The number of anilines is 1. The van der Waals surface area contributed by atoms with Crippen LogP contribution in [0.2, 0.25) is 0 Å². The molecular weight excluding hydrogens is 451 g/mol. The topological polar surface area (TPSA) is 118 Å². The zero-order chi connectivity index (χ0) is 23.7. The number of rotatable bonds is 7. The second-order valence-corrected chi connectivity index (χ2v) is 8.50. The molecule has 1 aromatic heterocycles. The number of nitrogens with zero attached hydrogens (tertiary/aromatic N) is 2. The van der Waals surface area contributed by atoms with E-state index in [4.69, 9.17) is 4.74 Å². The van der Waals surface area contributed by atoms with Crippen molar-refractivity contribution in [1.82, 2.24) is 4.98 Å². The van der Waals surface area contributed by atoms with Gasteiger partial charge in [0.15, 0.2) is 0 Å². The highest BCUT2D eigenvalue weighted by atomic mass is 32.2. The van der Waals surface area contributed by atoms with E-state index in [9.17, 15) is 31.6 Å². The predicted molar refractivity (Wildman–Crippen MR) is 107 cm³/mol. The minimum atomic E-state index is -6.11. The van der Waals surface area contributed by atoms with E-state index < -0.39 is 38.5 Å². The third kappa shape index (κ3) is 4.20. The van der Waals surface area contributed by atoms with Gasteiger partial charge in [-0.2, -0.15) is 26.9 Å². The first kappa shape index (κ1) is 23.3. The van der Waals surface area contributed by atoms with E-state index in [0.717, 1.165) is 0 Å². The summed E-state index contributed by atoms with van der Waals surface area (Å²) in [5.74, 6) is -1.69. The summed E-state index contributed by atoms with van der Waals surface area (Å²) in [6, 6.07) is 9.58. The maximum atomic E-state index is 12.9. The van der Waals surface area contributed by atoms with Crippen molar-refractivity contribution in [2.75, 3.05) is 19.0 Å². The van der Waals surface area contributed by atoms with E-state index in [1.54, 1.807) is 44.3 Å². The fourth-order valence-electron chi connectivity index (χ4n) is 3.12. The first-order valence-electron chi connectivity index (χ1n) is 9.41. The smallest absolute Gasteiger partial charge is 0.465 e. The Bertz CT molecular complexity index is 1200. The number of carbonyl (C=O) groups excluding carboxylic acids is 1. The fraction of sp³-hybridized carbons (Fsp3) is 0.350. The lowest BCUT2D eigenvalue weighted by atomic mass is 9.94. The lowest BCUT2D eigenvalue weighted by Crippen LogP contribution is -2.29. The van der Waals surface area contributed by atoms with Crippen LogP contribution < -0.4 is 9.50 Å². The number of aromatic nitrogens is 1. The van der Waals surface area contributed by atoms with Crippen LogP contribution in [0.1, 0.15) is 31.0 Å². The standard InChI is InChI=1S/C20H18F3N3O5S/c1-3-30-18(27)19(7-8-19)16-10-14(12-5-4-6-13(9-12)25-2)15(11-24)17(26-16)31-32(28,29)20(21,22)23/h4-6,9-10,25H,3,7-8H2,1-2H3. The highest BCUT2D eigenvalue weighted by Crippen LogP contribution is 2.50. The molecular formula is C20H18F3N3O5S. The van der Waals surface area contributed by atoms with Gasteiger partial charge in [0, 0.05) is 18.3 Å². The number of ether oxygens (including phenoxy) is 1. The maximum absolute atomic E-state index is 12.9. The largest absolute Gasteiger partial charge is 0.534 e. The lowest BCUT2D eigenvalue weighted by molar-refractivity contribution is -0.146. The highest BCUT2D eigenvalue weighted by molar-refractivity contribution is 7.87. The molecule has 1 fully saturated rings. The van der Waals surface area contributed by atoms with Gasteiger partial charge in [0.05, 0.1) is 12.3 Å². The van der Waals surface area contributed by atoms with E-state index in [2.05, 4.69) is 14.5 Å². The van der Waals surface area contributed by atoms with Crippen LogP contribution >= 0.6 is 0 Å². The number of carbonyl (C=O) groups is 1. The summed E-state index contributed by atoms with van der Waals surface area (Å²) in [5.41, 5.74) is -6.46. The third-order valence-corrected chi connectivity index (χ3v) is 5.88. The van der Waals surface area contributed by atoms with Crippen molar-refractivity contribution in [3.05, 3.63) is 41.6 Å². The molecule has 12 heteroatoms. The minimum absolute atomic E-state index is 0.0350. The van der Waals surface area contributed by atoms with Crippen LogP contribution in [0, 0.1) is 11.3 Å². The Kier molecular flexibility index (Phi) is 6.06. The van der Waals surface area contributed by atoms with Crippen LogP contribution in [0.5, 0.6) is 5.88 Å². The van der Waals surface area contributed by atoms with Crippen molar-refractivity contribution in [3.63, 3.8) is 0 Å². The molecule has 0 amide bonds. The molecule has 0 aliphatic heterocycles. The SMILES string of the molecule is CCOC(=O)C1(c2cc(-c3cccc(NC)c3)c(C#N)c(OS(=O)(=O)C(F)(F)F)n2)CC1. The first-order valence-corrected chi connectivity index (χ1v) is 10.8. The number of nitrogens with one attached hydrogen (secondary N) is 1. The van der Waals surface area contributed by atoms with Crippen LogP contribution in [0.4, 0.5) is 18.9 Å². The van der Waals surface area contributed by atoms with Crippen LogP contribution in [0.25, 0.3) is 11.1 Å². The summed E-state index contributed by atoms with van der Waals surface area (Å²) in [5, 5.41) is 12.5. The van der Waals surface area contributed by atoms with Gasteiger partial charge < -0.3 is 14.2 Å². The van der Waals surface area contributed by atoms with Gasteiger partial charge in [0.25, 0.3) is 5.88 Å². The second-order valence-electron chi connectivity index (χ2n) is 6.96. The van der Waals surface area contributed by atoms with E-state index >= 15 is 0 Å². The molecule has 2 aromatic rings. The molecule has 1 heterocycles. The monoisotopic (exact) mass is 469 g/mol. The highest BCUT2D eigenvalue weighted by Gasteiger charge is 2.55. The summed E-state index contributed by atoms with van der Waals surface area (Å²) in [7, 11) is -4.46. The van der Waals surface area contributed by atoms with Crippen LogP contribution in [-0.2, 0) is 25.1 Å². The molecule has 1 saturated carbocycles. The molecule has 8 nitrogen and oxygen atoms in total. The quantitative estimate of drug-likeness (QED) is 0.372. The molecule has 3 rings (SSSR count). The van der Waals surface area contributed by atoms with Crippen molar-refractivity contribution in [2.45, 2.75) is 30.7 Å². The van der Waals surface area contributed by atoms with Gasteiger partial charge in [-0.3, -0.25) is 4.79 Å². The number of esters is 1. The molecule has 32 heavy (non-hydrogen) atoms. The maximum Gasteiger partial charge on any atom is 0.534 e. The van der Waals surface area contributed by atoms with E-state index in [1.807, 2.05) is 0 Å². The molecule has 0 atom stereocenters. The molecule has 1 aromatic carbocycles. The number of hydrogen-bond acceptors (Lipinski definition) is 8. The van der Waals surface area contributed by atoms with Crippen molar-refractivity contribution in [1.29, 1.82) is 5.26 Å². The van der Waals surface area contributed by atoms with Crippen LogP contribution in [-0.4, -0.2) is 38.5 Å². The van der Waals surface area contributed by atoms with Gasteiger partial charge in [0.2, 0.25) is 0 Å². The van der Waals surface area contributed by atoms with Gasteiger partial charge in [0.1, 0.15) is 17.0 Å². The predicted octanol–water partition coefficient (Wildman–Crippen LogP) is 3.49. The zero-order valence-corrected chi connectivity index (χ0v) is 17.8. The Hall–Kier alpha value is -3.33. The minimum Gasteiger partial charge on any atom is -0.465 e. The molecule has 1 N–H and O–H groups in total. The Morgan fingerprint density at radius 1 is 1.31 bits per heavy atom. The van der Waals surface area contributed by atoms with E-state index in [1.165, 1.54) is 6.07 Å². The number of benzene rings is 1. The van der Waals surface area contributed by atoms with Crippen molar-refractivity contribution in [3.8, 4) is 23.1 Å². The molecule has 1 aliphatic carbocycles. The Balaban J connectivity index is 2.26. The van der Waals surface area contributed by atoms with Crippen LogP contribution in [0.15, 0.2) is 30.3 Å². The van der Waals surface area contributed by atoms with Gasteiger partial charge in [-0.25, -0.2) is 4.98 Å². The normalized spacial score (nSPS) is 14.9. The second kappa shape index (κ2) is 8.31. The summed E-state index contributed by atoms with van der Waals surface area (Å²) >= 11 is 0. The summed E-state index contributed by atoms with van der Waals surface area (Å²) in [6.45, 7) is 1.67. The number of pyridine rings is 1. The van der Waals surface area contributed by atoms with Gasteiger partial charge in [-0.1, -0.05) is 12.1 Å². The third-order valence-electron chi connectivity index (χ3n) is 4.94. The van der Waals surface area contributed by atoms with Gasteiger partial charge in [-0.05, 0) is 43.5 Å². The first-order chi connectivity index (χ1) is 15.0. The number of alkyl halides is 3. The average molecular weight is 469 g/mol. The van der Waals surface area contributed by atoms with Crippen molar-refractivity contribution in [2.24, 2.45) is 0 Å².